The van der Waals surface area contributed by atoms with Crippen molar-refractivity contribution in [1.29, 1.82) is 0 Å². The molecule has 1 aliphatic rings. The normalized spacial score (nSPS) is 20.7. The largest absolute Gasteiger partial charge is 0.508 e. The Balaban J connectivity index is 0.00000112. The molecule has 0 amide bonds. The van der Waals surface area contributed by atoms with Gasteiger partial charge in [0.1, 0.15) is 11.5 Å². The van der Waals surface area contributed by atoms with Crippen LogP contribution in [0.25, 0.3) is 0 Å². The smallest absolute Gasteiger partial charge is 0.124 e. The summed E-state index contributed by atoms with van der Waals surface area (Å²) in [6.07, 6.45) is 3.45. The Labute approximate surface area is 95.5 Å². The zero-order valence-corrected chi connectivity index (χ0v) is 9.26. The summed E-state index contributed by atoms with van der Waals surface area (Å²) in [6, 6.07) is 5.04. The molecule has 0 spiro atoms. The summed E-state index contributed by atoms with van der Waals surface area (Å²) in [5.74, 6) is 0.298. The van der Waals surface area contributed by atoms with Crippen molar-refractivity contribution < 1.29 is 10.2 Å². The second kappa shape index (κ2) is 5.24. The van der Waals surface area contributed by atoms with Crippen LogP contribution >= 0.6 is 12.4 Å². The summed E-state index contributed by atoms with van der Waals surface area (Å²) in [5.41, 5.74) is 0.891. The van der Waals surface area contributed by atoms with Gasteiger partial charge in [-0.15, -0.1) is 12.4 Å². The third-order valence-electron chi connectivity index (χ3n) is 2.70. The number of hydrogen-bond donors (Lipinski definition) is 3. The van der Waals surface area contributed by atoms with E-state index in [1.54, 1.807) is 12.1 Å². The van der Waals surface area contributed by atoms with Crippen LogP contribution in [-0.2, 0) is 0 Å². The SMILES string of the molecule is Cl.Oc1ccc([C@@H]2CCCCN2)c(O)c1. The monoisotopic (exact) mass is 229 g/mol. The first-order valence-corrected chi connectivity index (χ1v) is 5.02. The average molecular weight is 230 g/mol. The van der Waals surface area contributed by atoms with Gasteiger partial charge in [0.25, 0.3) is 0 Å². The van der Waals surface area contributed by atoms with Crippen molar-refractivity contribution in [3.05, 3.63) is 23.8 Å². The summed E-state index contributed by atoms with van der Waals surface area (Å²) in [5, 5.41) is 22.2. The molecule has 0 aromatic heterocycles. The summed E-state index contributed by atoms with van der Waals surface area (Å²) in [6.45, 7) is 1.00. The van der Waals surface area contributed by atoms with E-state index in [2.05, 4.69) is 5.32 Å². The van der Waals surface area contributed by atoms with Gasteiger partial charge in [0.2, 0.25) is 0 Å². The van der Waals surface area contributed by atoms with E-state index in [4.69, 9.17) is 5.11 Å². The molecule has 1 saturated heterocycles. The molecule has 0 saturated carbocycles. The minimum absolute atomic E-state index is 0. The minimum Gasteiger partial charge on any atom is -0.508 e. The number of phenols is 2. The number of phenolic OH excluding ortho intramolecular Hbond substituents is 2. The third kappa shape index (κ3) is 2.76. The second-order valence-corrected chi connectivity index (χ2v) is 3.75. The van der Waals surface area contributed by atoms with E-state index < -0.39 is 0 Å². The van der Waals surface area contributed by atoms with Crippen LogP contribution in [0, 0.1) is 0 Å². The van der Waals surface area contributed by atoms with Gasteiger partial charge < -0.3 is 15.5 Å². The molecular weight excluding hydrogens is 214 g/mol. The maximum atomic E-state index is 9.64. The first-order chi connectivity index (χ1) is 6.77. The van der Waals surface area contributed by atoms with E-state index in [0.717, 1.165) is 18.5 Å². The number of halogens is 1. The van der Waals surface area contributed by atoms with Crippen LogP contribution < -0.4 is 5.32 Å². The van der Waals surface area contributed by atoms with Gasteiger partial charge in [-0.1, -0.05) is 12.5 Å². The Hall–Kier alpha value is -0.930. The lowest BCUT2D eigenvalue weighted by atomic mass is 9.97. The van der Waals surface area contributed by atoms with Gasteiger partial charge in [-0.25, -0.2) is 0 Å². The summed E-state index contributed by atoms with van der Waals surface area (Å²) in [7, 11) is 0. The fourth-order valence-corrected chi connectivity index (χ4v) is 1.94. The van der Waals surface area contributed by atoms with Crippen molar-refractivity contribution in [3.63, 3.8) is 0 Å². The molecule has 3 N–H and O–H groups in total. The van der Waals surface area contributed by atoms with E-state index in [0.29, 0.717) is 0 Å². The summed E-state index contributed by atoms with van der Waals surface area (Å²) < 4.78 is 0. The van der Waals surface area contributed by atoms with Crippen LogP contribution in [0.5, 0.6) is 11.5 Å². The Morgan fingerprint density at radius 3 is 2.60 bits per heavy atom. The van der Waals surface area contributed by atoms with Gasteiger partial charge in [0.05, 0.1) is 0 Å². The molecule has 0 bridgehead atoms. The topological polar surface area (TPSA) is 52.5 Å². The molecule has 1 aromatic rings. The molecule has 2 rings (SSSR count). The molecule has 0 unspecified atom stereocenters. The standard InChI is InChI=1S/C11H15NO2.ClH/c13-8-4-5-9(11(14)7-8)10-3-1-2-6-12-10;/h4-5,7,10,12-14H,1-3,6H2;1H/t10-;/m0./s1. The molecule has 1 atom stereocenters. The first-order valence-electron chi connectivity index (χ1n) is 5.02. The van der Waals surface area contributed by atoms with Crippen molar-refractivity contribution in [3.8, 4) is 11.5 Å². The van der Waals surface area contributed by atoms with E-state index in [9.17, 15) is 5.11 Å². The van der Waals surface area contributed by atoms with E-state index in [1.807, 2.05) is 0 Å². The molecule has 0 aliphatic carbocycles. The van der Waals surface area contributed by atoms with Crippen LogP contribution in [0.15, 0.2) is 18.2 Å². The van der Waals surface area contributed by atoms with Crippen LogP contribution in [0.1, 0.15) is 30.9 Å². The summed E-state index contributed by atoms with van der Waals surface area (Å²) >= 11 is 0. The highest BCUT2D eigenvalue weighted by atomic mass is 35.5. The molecule has 15 heavy (non-hydrogen) atoms. The summed E-state index contributed by atoms with van der Waals surface area (Å²) in [4.78, 5) is 0. The molecule has 84 valence electrons. The van der Waals surface area contributed by atoms with Crippen molar-refractivity contribution in [2.45, 2.75) is 25.3 Å². The van der Waals surface area contributed by atoms with Gasteiger partial charge in [-0.2, -0.15) is 0 Å². The van der Waals surface area contributed by atoms with Gasteiger partial charge in [-0.3, -0.25) is 0 Å². The zero-order valence-electron chi connectivity index (χ0n) is 8.44. The highest BCUT2D eigenvalue weighted by Gasteiger charge is 2.17. The fourth-order valence-electron chi connectivity index (χ4n) is 1.94. The molecular formula is C11H16ClNO2. The van der Waals surface area contributed by atoms with Gasteiger partial charge >= 0.3 is 0 Å². The zero-order chi connectivity index (χ0) is 9.97. The fraction of sp³-hybridized carbons (Fsp3) is 0.455. The van der Waals surface area contributed by atoms with E-state index in [-0.39, 0.29) is 29.9 Å². The molecule has 1 aliphatic heterocycles. The van der Waals surface area contributed by atoms with Crippen LogP contribution in [0.4, 0.5) is 0 Å². The maximum Gasteiger partial charge on any atom is 0.124 e. The third-order valence-corrected chi connectivity index (χ3v) is 2.70. The van der Waals surface area contributed by atoms with Gasteiger partial charge in [0.15, 0.2) is 0 Å². The highest BCUT2D eigenvalue weighted by Crippen LogP contribution is 2.31. The lowest BCUT2D eigenvalue weighted by Gasteiger charge is -2.24. The lowest BCUT2D eigenvalue weighted by Crippen LogP contribution is -2.26. The van der Waals surface area contributed by atoms with Crippen LogP contribution in [-0.4, -0.2) is 16.8 Å². The Kier molecular flexibility index (Phi) is 4.24. The number of benzene rings is 1. The molecule has 1 fully saturated rings. The first kappa shape index (κ1) is 12.1. The number of nitrogens with one attached hydrogen (secondary N) is 1. The second-order valence-electron chi connectivity index (χ2n) is 3.75. The molecule has 0 radical (unpaired) electrons. The maximum absolute atomic E-state index is 9.64. The van der Waals surface area contributed by atoms with Gasteiger partial charge in [-0.05, 0) is 25.5 Å². The Morgan fingerprint density at radius 2 is 2.00 bits per heavy atom. The lowest BCUT2D eigenvalue weighted by molar-refractivity contribution is 0.388. The predicted octanol–water partition coefficient (Wildman–Crippen LogP) is 2.33. The number of rotatable bonds is 1. The van der Waals surface area contributed by atoms with Crippen molar-refractivity contribution in [2.24, 2.45) is 0 Å². The van der Waals surface area contributed by atoms with Gasteiger partial charge in [0, 0.05) is 17.7 Å². The van der Waals surface area contributed by atoms with E-state index >= 15 is 0 Å². The molecule has 4 heteroatoms. The Morgan fingerprint density at radius 1 is 1.20 bits per heavy atom. The van der Waals surface area contributed by atoms with Crippen LogP contribution in [0.3, 0.4) is 0 Å². The van der Waals surface area contributed by atoms with Crippen molar-refractivity contribution in [2.75, 3.05) is 6.54 Å². The number of aromatic hydroxyl groups is 2. The van der Waals surface area contributed by atoms with Crippen molar-refractivity contribution >= 4 is 12.4 Å². The highest BCUT2D eigenvalue weighted by molar-refractivity contribution is 5.85. The van der Waals surface area contributed by atoms with Crippen molar-refractivity contribution in [1.82, 2.24) is 5.32 Å². The average Bonchev–Trinajstić information content (AvgIpc) is 2.19. The minimum atomic E-state index is 0. The Bertz CT molecular complexity index is 324. The molecule has 1 aromatic carbocycles. The number of hydrogen-bond acceptors (Lipinski definition) is 3. The predicted molar refractivity (Wildman–Crippen MR) is 61.6 cm³/mol. The van der Waals surface area contributed by atoms with Crippen LogP contribution in [0.2, 0.25) is 0 Å². The quantitative estimate of drug-likeness (QED) is 0.693. The number of piperidine rings is 1. The van der Waals surface area contributed by atoms with E-state index in [1.165, 1.54) is 18.9 Å². The molecule has 3 nitrogen and oxygen atoms in total. The molecule has 1 heterocycles.